The van der Waals surface area contributed by atoms with Gasteiger partial charge in [-0.15, -0.1) is 0 Å². The number of ether oxygens (including phenoxy) is 1. The lowest BCUT2D eigenvalue weighted by Gasteiger charge is -2.22. The van der Waals surface area contributed by atoms with Gasteiger partial charge in [-0.1, -0.05) is 352 Å². The molecule has 2 unspecified atom stereocenters. The summed E-state index contributed by atoms with van der Waals surface area (Å²) in [6, 6.07) is -0.549. The zero-order valence-electron chi connectivity index (χ0n) is 55.5. The summed E-state index contributed by atoms with van der Waals surface area (Å²) in [5.74, 6) is -0.0327. The van der Waals surface area contributed by atoms with E-state index in [0.717, 1.165) is 51.4 Å². The van der Waals surface area contributed by atoms with Gasteiger partial charge in [0, 0.05) is 12.8 Å². The molecule has 0 spiro atoms. The van der Waals surface area contributed by atoms with E-state index < -0.39 is 12.1 Å². The lowest BCUT2D eigenvalue weighted by atomic mass is 10.0. The Labute approximate surface area is 513 Å². The van der Waals surface area contributed by atoms with Crippen molar-refractivity contribution in [2.45, 2.75) is 424 Å². The lowest BCUT2D eigenvalue weighted by Crippen LogP contribution is -2.45. The fourth-order valence-corrected chi connectivity index (χ4v) is 11.7. The van der Waals surface area contributed by atoms with E-state index in [0.29, 0.717) is 25.9 Å². The van der Waals surface area contributed by atoms with E-state index in [-0.39, 0.29) is 18.5 Å². The largest absolute Gasteiger partial charge is 0.466 e. The number of aliphatic hydroxyl groups is 2. The molecule has 3 N–H and O–H groups in total. The van der Waals surface area contributed by atoms with Gasteiger partial charge in [0.05, 0.1) is 25.4 Å². The van der Waals surface area contributed by atoms with Gasteiger partial charge in [-0.2, -0.15) is 0 Å². The van der Waals surface area contributed by atoms with Gasteiger partial charge in [-0.3, -0.25) is 9.59 Å². The number of carbonyl (C=O) groups excluding carboxylic acids is 2. The monoisotopic (exact) mass is 1150 g/mol. The molecule has 0 heterocycles. The summed E-state index contributed by atoms with van der Waals surface area (Å²) in [7, 11) is 0. The van der Waals surface area contributed by atoms with Gasteiger partial charge in [0.25, 0.3) is 0 Å². The zero-order valence-corrected chi connectivity index (χ0v) is 55.5. The van der Waals surface area contributed by atoms with Crippen LogP contribution in [0.5, 0.6) is 0 Å². The predicted molar refractivity (Wildman–Crippen MR) is 361 cm³/mol. The van der Waals surface area contributed by atoms with Crippen molar-refractivity contribution in [2.24, 2.45) is 0 Å². The Hall–Kier alpha value is -1.92. The first-order valence-corrected chi connectivity index (χ1v) is 37.2. The molecular formula is C76H145NO5. The van der Waals surface area contributed by atoms with Gasteiger partial charge in [-0.25, -0.2) is 0 Å². The average molecular weight is 1150 g/mol. The third-order valence-corrected chi connectivity index (χ3v) is 17.4. The van der Waals surface area contributed by atoms with E-state index in [9.17, 15) is 19.8 Å². The predicted octanol–water partition coefficient (Wildman–Crippen LogP) is 24.3. The van der Waals surface area contributed by atoms with E-state index in [4.69, 9.17) is 4.74 Å². The second-order valence-corrected chi connectivity index (χ2v) is 25.6. The second-order valence-electron chi connectivity index (χ2n) is 25.6. The molecule has 1 amide bonds. The summed E-state index contributed by atoms with van der Waals surface area (Å²) < 4.78 is 5.50. The summed E-state index contributed by atoms with van der Waals surface area (Å²) >= 11 is 0. The van der Waals surface area contributed by atoms with Crippen LogP contribution in [0.1, 0.15) is 412 Å². The fraction of sp³-hybridized carbons (Fsp3) is 0.895. The van der Waals surface area contributed by atoms with Crippen molar-refractivity contribution in [3.8, 4) is 0 Å². The van der Waals surface area contributed by atoms with Gasteiger partial charge in [0.2, 0.25) is 5.91 Å². The standard InChI is InChI=1S/C76H145NO5/c1-3-5-7-9-11-13-15-17-19-21-23-24-25-26-27-29-33-36-40-44-48-52-56-60-64-68-74(79)73(72-78)77-75(80)69-65-61-57-53-49-45-41-37-34-30-28-31-35-39-43-47-51-55-59-63-67-71-82-76(81)70-66-62-58-54-50-46-42-38-32-22-20-18-16-14-12-10-8-6-4-2/h12,14,18,20,30,34,73-74,78-79H,3-11,13,15-17,19,21-29,31-33,35-72H2,1-2H3,(H,77,80)/b14-12-,20-18-,34-30-. The topological polar surface area (TPSA) is 95.9 Å². The molecule has 0 aliphatic carbocycles. The molecule has 0 fully saturated rings. The molecule has 82 heavy (non-hydrogen) atoms. The van der Waals surface area contributed by atoms with Crippen molar-refractivity contribution in [3.05, 3.63) is 36.5 Å². The summed E-state index contributed by atoms with van der Waals surface area (Å²) in [6.07, 6.45) is 92.0. The quantitative estimate of drug-likeness (QED) is 0.0320. The highest BCUT2D eigenvalue weighted by Crippen LogP contribution is 2.19. The smallest absolute Gasteiger partial charge is 0.305 e. The van der Waals surface area contributed by atoms with E-state index in [1.54, 1.807) is 0 Å². The van der Waals surface area contributed by atoms with Crippen molar-refractivity contribution >= 4 is 11.9 Å². The van der Waals surface area contributed by atoms with Gasteiger partial charge >= 0.3 is 5.97 Å². The molecule has 484 valence electrons. The van der Waals surface area contributed by atoms with Crippen molar-refractivity contribution in [1.82, 2.24) is 5.32 Å². The number of esters is 1. The first kappa shape index (κ1) is 80.1. The molecule has 6 nitrogen and oxygen atoms in total. The highest BCUT2D eigenvalue weighted by Gasteiger charge is 2.20. The minimum atomic E-state index is -0.672. The number of hydrogen-bond donors (Lipinski definition) is 3. The van der Waals surface area contributed by atoms with Crippen LogP contribution in [0.15, 0.2) is 36.5 Å². The molecule has 0 radical (unpaired) electrons. The number of aliphatic hydroxyl groups excluding tert-OH is 2. The van der Waals surface area contributed by atoms with Gasteiger partial charge in [0.1, 0.15) is 0 Å². The summed E-state index contributed by atoms with van der Waals surface area (Å²) in [5.41, 5.74) is 0. The maximum atomic E-state index is 12.6. The Morgan fingerprint density at radius 2 is 0.610 bits per heavy atom. The first-order chi connectivity index (χ1) is 40.5. The van der Waals surface area contributed by atoms with Crippen molar-refractivity contribution in [2.75, 3.05) is 13.2 Å². The van der Waals surface area contributed by atoms with Crippen molar-refractivity contribution in [3.63, 3.8) is 0 Å². The van der Waals surface area contributed by atoms with E-state index in [1.165, 1.54) is 327 Å². The van der Waals surface area contributed by atoms with E-state index >= 15 is 0 Å². The maximum absolute atomic E-state index is 12.6. The Bertz CT molecular complexity index is 1330. The number of amides is 1. The number of carbonyl (C=O) groups is 2. The van der Waals surface area contributed by atoms with Crippen molar-refractivity contribution in [1.29, 1.82) is 0 Å². The summed E-state index contributed by atoms with van der Waals surface area (Å²) in [6.45, 7) is 4.96. The van der Waals surface area contributed by atoms with Crippen LogP contribution >= 0.6 is 0 Å². The van der Waals surface area contributed by atoms with Gasteiger partial charge in [-0.05, 0) is 83.5 Å². The number of rotatable bonds is 70. The lowest BCUT2D eigenvalue weighted by molar-refractivity contribution is -0.143. The molecule has 0 aromatic rings. The Morgan fingerprint density at radius 1 is 0.341 bits per heavy atom. The molecule has 0 aliphatic heterocycles. The Morgan fingerprint density at radius 3 is 0.963 bits per heavy atom. The molecular weight excluding hydrogens is 1010 g/mol. The van der Waals surface area contributed by atoms with E-state index in [1.807, 2.05) is 0 Å². The zero-order chi connectivity index (χ0) is 59.2. The molecule has 0 saturated carbocycles. The second kappa shape index (κ2) is 71.6. The molecule has 0 aliphatic rings. The van der Waals surface area contributed by atoms with Gasteiger partial charge < -0.3 is 20.3 Å². The Kier molecular flexibility index (Phi) is 69.9. The van der Waals surface area contributed by atoms with Gasteiger partial charge in [0.15, 0.2) is 0 Å². The summed E-state index contributed by atoms with van der Waals surface area (Å²) in [5, 5.41) is 23.5. The summed E-state index contributed by atoms with van der Waals surface area (Å²) in [4.78, 5) is 24.7. The van der Waals surface area contributed by atoms with Crippen LogP contribution in [-0.4, -0.2) is 47.4 Å². The highest BCUT2D eigenvalue weighted by molar-refractivity contribution is 5.76. The first-order valence-electron chi connectivity index (χ1n) is 37.2. The molecule has 0 aromatic heterocycles. The molecule has 0 bridgehead atoms. The molecule has 6 heteroatoms. The maximum Gasteiger partial charge on any atom is 0.305 e. The van der Waals surface area contributed by atoms with Crippen LogP contribution in [-0.2, 0) is 14.3 Å². The van der Waals surface area contributed by atoms with Crippen LogP contribution in [0.4, 0.5) is 0 Å². The minimum absolute atomic E-state index is 0.00544. The average Bonchev–Trinajstić information content (AvgIpc) is 3.48. The fourth-order valence-electron chi connectivity index (χ4n) is 11.7. The number of hydrogen-bond acceptors (Lipinski definition) is 5. The third-order valence-electron chi connectivity index (χ3n) is 17.4. The van der Waals surface area contributed by atoms with Crippen LogP contribution in [0.3, 0.4) is 0 Å². The normalized spacial score (nSPS) is 12.7. The molecule has 0 aromatic carbocycles. The van der Waals surface area contributed by atoms with Crippen LogP contribution in [0.25, 0.3) is 0 Å². The Balaban J connectivity index is 3.41. The van der Waals surface area contributed by atoms with Crippen LogP contribution in [0, 0.1) is 0 Å². The van der Waals surface area contributed by atoms with Crippen molar-refractivity contribution < 1.29 is 24.5 Å². The third kappa shape index (κ3) is 67.2. The minimum Gasteiger partial charge on any atom is -0.466 e. The molecule has 0 saturated heterocycles. The molecule has 2 atom stereocenters. The SMILES string of the molecule is CCCCC/C=C\C/C=C\CCCCCCCCCCCC(=O)OCCCCCCCCCCCC/C=C\CCCCCCCCCC(=O)NC(CO)C(O)CCCCCCCCCCCCCCCCCCCCCCCCCCC. The number of allylic oxidation sites excluding steroid dienone is 6. The van der Waals surface area contributed by atoms with Crippen LogP contribution < -0.4 is 5.32 Å². The number of nitrogens with one attached hydrogen (secondary N) is 1. The molecule has 0 rings (SSSR count). The highest BCUT2D eigenvalue weighted by atomic mass is 16.5. The van der Waals surface area contributed by atoms with Crippen LogP contribution in [0.2, 0.25) is 0 Å². The number of unbranched alkanes of at least 4 members (excludes halogenated alkanes) is 53. The van der Waals surface area contributed by atoms with E-state index in [2.05, 4.69) is 55.6 Å².